The number of imide groups is 1. The van der Waals surface area contributed by atoms with Crippen LogP contribution in [0.15, 0.2) is 18.2 Å². The second-order valence-electron chi connectivity index (χ2n) is 6.79. The standard InChI is InChI=1S/C19H21Cl2N3O5/c1-29-10-2-5-24-17(26)13-4-3-12(11-14(13)18(24)27)16(25)22-6-8-23(9-7-22)19(28)15(20)21/h3-4,11,15H,2,5-10H2,1H3. The molecule has 0 spiro atoms. The van der Waals surface area contributed by atoms with Crippen molar-refractivity contribution in [3.8, 4) is 0 Å². The summed E-state index contributed by atoms with van der Waals surface area (Å²) in [5, 5.41) is 0. The summed E-state index contributed by atoms with van der Waals surface area (Å²) in [5.41, 5.74) is 0.866. The molecule has 1 aromatic carbocycles. The molecule has 0 saturated carbocycles. The summed E-state index contributed by atoms with van der Waals surface area (Å²) in [7, 11) is 1.56. The highest BCUT2D eigenvalue weighted by molar-refractivity contribution is 6.53. The minimum absolute atomic E-state index is 0.235. The number of piperazine rings is 1. The van der Waals surface area contributed by atoms with E-state index in [-0.39, 0.29) is 29.8 Å². The van der Waals surface area contributed by atoms with Gasteiger partial charge in [0, 0.05) is 52.0 Å². The molecule has 1 saturated heterocycles. The summed E-state index contributed by atoms with van der Waals surface area (Å²) in [4.78, 5) is 52.9. The van der Waals surface area contributed by atoms with E-state index in [0.717, 1.165) is 0 Å². The van der Waals surface area contributed by atoms with Crippen LogP contribution < -0.4 is 0 Å². The van der Waals surface area contributed by atoms with E-state index in [1.807, 2.05) is 0 Å². The van der Waals surface area contributed by atoms with Crippen molar-refractivity contribution in [1.29, 1.82) is 0 Å². The lowest BCUT2D eigenvalue weighted by atomic mass is 10.0. The third-order valence-corrected chi connectivity index (χ3v) is 5.39. The Bertz CT molecular complexity index is 837. The van der Waals surface area contributed by atoms with Crippen LogP contribution >= 0.6 is 23.2 Å². The largest absolute Gasteiger partial charge is 0.385 e. The van der Waals surface area contributed by atoms with Gasteiger partial charge in [0.2, 0.25) is 0 Å². The Kier molecular flexibility index (Phi) is 6.77. The van der Waals surface area contributed by atoms with E-state index in [9.17, 15) is 19.2 Å². The molecule has 10 heteroatoms. The van der Waals surface area contributed by atoms with Gasteiger partial charge < -0.3 is 14.5 Å². The van der Waals surface area contributed by atoms with Crippen molar-refractivity contribution < 1.29 is 23.9 Å². The van der Waals surface area contributed by atoms with Gasteiger partial charge in [0.05, 0.1) is 11.1 Å². The third kappa shape index (κ3) is 4.39. The van der Waals surface area contributed by atoms with Crippen molar-refractivity contribution in [2.45, 2.75) is 11.3 Å². The van der Waals surface area contributed by atoms with Gasteiger partial charge in [-0.2, -0.15) is 0 Å². The molecule has 3 rings (SSSR count). The molecule has 1 aromatic rings. The first-order chi connectivity index (χ1) is 13.8. The number of amides is 4. The molecular weight excluding hydrogens is 421 g/mol. The summed E-state index contributed by atoms with van der Waals surface area (Å²) in [6.45, 7) is 2.03. The molecule has 1 fully saturated rings. The van der Waals surface area contributed by atoms with Crippen molar-refractivity contribution in [1.82, 2.24) is 14.7 Å². The zero-order valence-electron chi connectivity index (χ0n) is 15.9. The minimum atomic E-state index is -1.12. The van der Waals surface area contributed by atoms with Crippen molar-refractivity contribution >= 4 is 46.8 Å². The number of fused-ring (bicyclic) bond motifs is 1. The number of methoxy groups -OCH3 is 1. The molecule has 156 valence electrons. The summed E-state index contributed by atoms with van der Waals surface area (Å²) in [6, 6.07) is 4.54. The highest BCUT2D eigenvalue weighted by atomic mass is 35.5. The van der Waals surface area contributed by atoms with Crippen LogP contribution in [-0.4, -0.2) is 89.6 Å². The van der Waals surface area contributed by atoms with Crippen molar-refractivity contribution in [2.75, 3.05) is 46.4 Å². The summed E-state index contributed by atoms with van der Waals surface area (Å²) < 4.78 is 4.96. The van der Waals surface area contributed by atoms with Gasteiger partial charge in [0.15, 0.2) is 4.84 Å². The first-order valence-electron chi connectivity index (χ1n) is 9.20. The van der Waals surface area contributed by atoms with E-state index in [1.54, 1.807) is 18.1 Å². The fourth-order valence-corrected chi connectivity index (χ4v) is 3.72. The quantitative estimate of drug-likeness (QED) is 0.378. The van der Waals surface area contributed by atoms with Gasteiger partial charge in [0.25, 0.3) is 23.6 Å². The Morgan fingerprint density at radius 3 is 2.28 bits per heavy atom. The number of hydrogen-bond acceptors (Lipinski definition) is 5. The van der Waals surface area contributed by atoms with Gasteiger partial charge in [0.1, 0.15) is 0 Å². The van der Waals surface area contributed by atoms with E-state index in [0.29, 0.717) is 50.3 Å². The second kappa shape index (κ2) is 9.11. The Labute approximate surface area is 178 Å². The molecule has 4 amide bonds. The molecule has 0 atom stereocenters. The molecule has 29 heavy (non-hydrogen) atoms. The fourth-order valence-electron chi connectivity index (χ4n) is 3.44. The van der Waals surface area contributed by atoms with Crippen molar-refractivity contribution in [3.63, 3.8) is 0 Å². The molecular formula is C19H21Cl2N3O5. The molecule has 2 aliphatic heterocycles. The SMILES string of the molecule is COCCCN1C(=O)c2ccc(C(=O)N3CCN(C(=O)C(Cl)Cl)CC3)cc2C1=O. The molecule has 2 heterocycles. The first kappa shape index (κ1) is 21.5. The molecule has 0 aromatic heterocycles. The smallest absolute Gasteiger partial charge is 0.261 e. The second-order valence-corrected chi connectivity index (χ2v) is 7.88. The van der Waals surface area contributed by atoms with Crippen LogP contribution in [0.4, 0.5) is 0 Å². The first-order valence-corrected chi connectivity index (χ1v) is 10.1. The zero-order chi connectivity index (χ0) is 21.1. The number of nitrogens with zero attached hydrogens (tertiary/aromatic N) is 3. The van der Waals surface area contributed by atoms with Crippen LogP contribution in [0.3, 0.4) is 0 Å². The van der Waals surface area contributed by atoms with E-state index in [1.165, 1.54) is 21.9 Å². The van der Waals surface area contributed by atoms with Crippen molar-refractivity contribution in [2.24, 2.45) is 0 Å². The number of alkyl halides is 2. The molecule has 0 bridgehead atoms. The van der Waals surface area contributed by atoms with E-state index < -0.39 is 10.7 Å². The fraction of sp³-hybridized carbons (Fsp3) is 0.474. The lowest BCUT2D eigenvalue weighted by Crippen LogP contribution is -2.51. The molecule has 2 aliphatic rings. The number of hydrogen-bond donors (Lipinski definition) is 0. The van der Waals surface area contributed by atoms with Gasteiger partial charge in [-0.1, -0.05) is 23.2 Å². The van der Waals surface area contributed by atoms with Gasteiger partial charge >= 0.3 is 0 Å². The average molecular weight is 442 g/mol. The maximum Gasteiger partial charge on any atom is 0.261 e. The van der Waals surface area contributed by atoms with Crippen LogP contribution in [0.1, 0.15) is 37.5 Å². The van der Waals surface area contributed by atoms with Crippen molar-refractivity contribution in [3.05, 3.63) is 34.9 Å². The van der Waals surface area contributed by atoms with Crippen LogP contribution in [-0.2, 0) is 9.53 Å². The number of ether oxygens (including phenoxy) is 1. The Hall–Kier alpha value is -2.16. The summed E-state index contributed by atoms with van der Waals surface area (Å²) in [5.74, 6) is -1.40. The number of benzene rings is 1. The third-order valence-electron chi connectivity index (χ3n) is 5.01. The topological polar surface area (TPSA) is 87.2 Å². The predicted molar refractivity (Wildman–Crippen MR) is 106 cm³/mol. The lowest BCUT2D eigenvalue weighted by Gasteiger charge is -2.35. The number of rotatable bonds is 6. The molecule has 0 N–H and O–H groups in total. The normalized spacial score (nSPS) is 16.6. The van der Waals surface area contributed by atoms with Crippen LogP contribution in [0.2, 0.25) is 0 Å². The number of carbonyl (C=O) groups is 4. The Morgan fingerprint density at radius 1 is 1.03 bits per heavy atom. The number of carbonyl (C=O) groups excluding carboxylic acids is 4. The highest BCUT2D eigenvalue weighted by Crippen LogP contribution is 2.25. The van der Waals surface area contributed by atoms with E-state index >= 15 is 0 Å². The molecule has 0 radical (unpaired) electrons. The van der Waals surface area contributed by atoms with E-state index in [4.69, 9.17) is 27.9 Å². The van der Waals surface area contributed by atoms with Crippen LogP contribution in [0.5, 0.6) is 0 Å². The van der Waals surface area contributed by atoms with Gasteiger partial charge in [-0.25, -0.2) is 0 Å². The molecule has 0 unspecified atom stereocenters. The molecule has 0 aliphatic carbocycles. The van der Waals surface area contributed by atoms with Gasteiger partial charge in [-0.05, 0) is 24.6 Å². The monoisotopic (exact) mass is 441 g/mol. The van der Waals surface area contributed by atoms with Crippen LogP contribution in [0.25, 0.3) is 0 Å². The summed E-state index contributed by atoms with van der Waals surface area (Å²) in [6.07, 6.45) is 0.544. The Balaban J connectivity index is 1.68. The number of halogens is 2. The van der Waals surface area contributed by atoms with E-state index in [2.05, 4.69) is 0 Å². The van der Waals surface area contributed by atoms with Crippen LogP contribution in [0, 0.1) is 0 Å². The maximum absolute atomic E-state index is 12.8. The minimum Gasteiger partial charge on any atom is -0.385 e. The maximum atomic E-state index is 12.8. The average Bonchev–Trinajstić information content (AvgIpc) is 2.97. The summed E-state index contributed by atoms with van der Waals surface area (Å²) >= 11 is 11.2. The van der Waals surface area contributed by atoms with Gasteiger partial charge in [-0.15, -0.1) is 0 Å². The predicted octanol–water partition coefficient (Wildman–Crippen LogP) is 1.41. The lowest BCUT2D eigenvalue weighted by molar-refractivity contribution is -0.130. The highest BCUT2D eigenvalue weighted by Gasteiger charge is 2.36. The molecule has 8 nitrogen and oxygen atoms in total. The van der Waals surface area contributed by atoms with Gasteiger partial charge in [-0.3, -0.25) is 24.1 Å². The Morgan fingerprint density at radius 2 is 1.66 bits per heavy atom. The zero-order valence-corrected chi connectivity index (χ0v) is 17.4.